The summed E-state index contributed by atoms with van der Waals surface area (Å²) >= 11 is 3.38. The Kier molecular flexibility index (Phi) is 4.66. The van der Waals surface area contributed by atoms with Gasteiger partial charge in [0.1, 0.15) is 0 Å². The second-order valence-electron chi connectivity index (χ2n) is 5.44. The quantitative estimate of drug-likeness (QED) is 0.641. The van der Waals surface area contributed by atoms with Crippen LogP contribution in [0.25, 0.3) is 10.9 Å². The average molecular weight is 386 g/mol. The second kappa shape index (κ2) is 6.88. The zero-order chi connectivity index (χ0) is 17.1. The van der Waals surface area contributed by atoms with Crippen LogP contribution in [-0.4, -0.2) is 23.3 Å². The molecule has 3 aromatic rings. The number of carbonyl (C=O) groups is 2. The molecular weight excluding hydrogens is 370 g/mol. The van der Waals surface area contributed by atoms with Crippen LogP contribution in [0.2, 0.25) is 0 Å². The van der Waals surface area contributed by atoms with E-state index in [1.807, 2.05) is 49.4 Å². The first-order valence-electron chi connectivity index (χ1n) is 7.45. The third-order valence-electron chi connectivity index (χ3n) is 3.71. The molecule has 2 amide bonds. The number of aromatic nitrogens is 1. The normalized spacial score (nSPS) is 10.6. The molecule has 0 spiro atoms. The molecule has 0 fully saturated rings. The fourth-order valence-corrected chi connectivity index (χ4v) is 2.95. The lowest BCUT2D eigenvalue weighted by molar-refractivity contribution is -0.115. The summed E-state index contributed by atoms with van der Waals surface area (Å²) in [5.74, 6) is -0.552. The number of nitrogens with one attached hydrogen (secondary N) is 3. The minimum Gasteiger partial charge on any atom is -0.360 e. The summed E-state index contributed by atoms with van der Waals surface area (Å²) in [6.45, 7) is 1.82. The molecule has 0 aliphatic heterocycles. The molecule has 6 heteroatoms. The van der Waals surface area contributed by atoms with Crippen LogP contribution in [0.1, 0.15) is 15.9 Å². The zero-order valence-corrected chi connectivity index (χ0v) is 14.6. The van der Waals surface area contributed by atoms with Crippen LogP contribution in [0.4, 0.5) is 5.69 Å². The number of benzene rings is 2. The SMILES string of the molecule is Cc1cc(Br)ccc1NC(=O)CNC(=O)c1c[nH]c2ccccc12. The van der Waals surface area contributed by atoms with E-state index in [1.165, 1.54) is 0 Å². The Morgan fingerprint density at radius 1 is 1.17 bits per heavy atom. The fraction of sp³-hybridized carbons (Fsp3) is 0.111. The molecule has 1 heterocycles. The predicted octanol–water partition coefficient (Wildman–Crippen LogP) is 3.61. The number of carbonyl (C=O) groups excluding carboxylic acids is 2. The molecule has 0 bridgehead atoms. The highest BCUT2D eigenvalue weighted by molar-refractivity contribution is 9.10. The maximum Gasteiger partial charge on any atom is 0.253 e. The Hall–Kier alpha value is -2.60. The van der Waals surface area contributed by atoms with E-state index in [4.69, 9.17) is 0 Å². The smallest absolute Gasteiger partial charge is 0.253 e. The van der Waals surface area contributed by atoms with Gasteiger partial charge >= 0.3 is 0 Å². The number of halogens is 1. The number of hydrogen-bond donors (Lipinski definition) is 3. The highest BCUT2D eigenvalue weighted by Gasteiger charge is 2.13. The molecule has 0 unspecified atom stereocenters. The molecule has 0 aliphatic rings. The van der Waals surface area contributed by atoms with Crippen LogP contribution in [0.3, 0.4) is 0 Å². The maximum absolute atomic E-state index is 12.3. The molecule has 0 aliphatic carbocycles. The van der Waals surface area contributed by atoms with Gasteiger partial charge in [-0.05, 0) is 36.8 Å². The summed E-state index contributed by atoms with van der Waals surface area (Å²) in [7, 11) is 0. The summed E-state index contributed by atoms with van der Waals surface area (Å²) in [4.78, 5) is 27.4. The predicted molar refractivity (Wildman–Crippen MR) is 98.1 cm³/mol. The Balaban J connectivity index is 1.62. The van der Waals surface area contributed by atoms with E-state index < -0.39 is 0 Å². The minimum atomic E-state index is -0.282. The summed E-state index contributed by atoms with van der Waals surface area (Å²) in [5, 5.41) is 6.27. The van der Waals surface area contributed by atoms with Crippen molar-refractivity contribution in [2.75, 3.05) is 11.9 Å². The molecule has 122 valence electrons. The molecule has 3 N–H and O–H groups in total. The van der Waals surface area contributed by atoms with Crippen molar-refractivity contribution in [1.29, 1.82) is 0 Å². The number of aromatic amines is 1. The highest BCUT2D eigenvalue weighted by Crippen LogP contribution is 2.20. The molecule has 24 heavy (non-hydrogen) atoms. The maximum atomic E-state index is 12.3. The third-order valence-corrected chi connectivity index (χ3v) is 4.20. The van der Waals surface area contributed by atoms with Crippen molar-refractivity contribution in [3.63, 3.8) is 0 Å². The van der Waals surface area contributed by atoms with Gasteiger partial charge in [0, 0.05) is 27.3 Å². The molecule has 0 saturated carbocycles. The topological polar surface area (TPSA) is 74.0 Å². The first-order valence-corrected chi connectivity index (χ1v) is 8.24. The van der Waals surface area contributed by atoms with Gasteiger partial charge in [0.25, 0.3) is 5.91 Å². The van der Waals surface area contributed by atoms with E-state index in [2.05, 4.69) is 31.5 Å². The standard InChI is InChI=1S/C18H16BrN3O2/c1-11-8-12(19)6-7-15(11)22-17(23)10-21-18(24)14-9-20-16-5-3-2-4-13(14)16/h2-9,20H,10H2,1H3,(H,21,24)(H,22,23). The van der Waals surface area contributed by atoms with Crippen molar-refractivity contribution < 1.29 is 9.59 Å². The largest absolute Gasteiger partial charge is 0.360 e. The molecule has 5 nitrogen and oxygen atoms in total. The van der Waals surface area contributed by atoms with E-state index in [0.717, 1.165) is 26.6 Å². The van der Waals surface area contributed by atoms with E-state index in [-0.39, 0.29) is 18.4 Å². The Morgan fingerprint density at radius 3 is 2.75 bits per heavy atom. The first kappa shape index (κ1) is 16.3. The van der Waals surface area contributed by atoms with Gasteiger partial charge in [0.05, 0.1) is 12.1 Å². The molecule has 0 radical (unpaired) electrons. The number of anilines is 1. The Bertz CT molecular complexity index is 918. The van der Waals surface area contributed by atoms with Crippen molar-refractivity contribution in [3.05, 3.63) is 64.3 Å². The minimum absolute atomic E-state index is 0.0894. The van der Waals surface area contributed by atoms with Crippen LogP contribution < -0.4 is 10.6 Å². The van der Waals surface area contributed by atoms with Crippen LogP contribution in [0.5, 0.6) is 0 Å². The van der Waals surface area contributed by atoms with Gasteiger partial charge < -0.3 is 15.6 Å². The van der Waals surface area contributed by atoms with Crippen molar-refractivity contribution in [2.45, 2.75) is 6.92 Å². The lowest BCUT2D eigenvalue weighted by atomic mass is 10.1. The lowest BCUT2D eigenvalue weighted by Gasteiger charge is -2.09. The summed E-state index contributed by atoms with van der Waals surface area (Å²) < 4.78 is 0.950. The van der Waals surface area contributed by atoms with Crippen molar-refractivity contribution in [1.82, 2.24) is 10.3 Å². The fourth-order valence-electron chi connectivity index (χ4n) is 2.48. The number of para-hydroxylation sites is 1. The summed E-state index contributed by atoms with van der Waals surface area (Å²) in [6, 6.07) is 13.1. The number of amides is 2. The van der Waals surface area contributed by atoms with E-state index in [1.54, 1.807) is 6.20 Å². The molecule has 2 aromatic carbocycles. The van der Waals surface area contributed by atoms with Gasteiger partial charge in [-0.3, -0.25) is 9.59 Å². The monoisotopic (exact) mass is 385 g/mol. The van der Waals surface area contributed by atoms with Crippen LogP contribution in [0.15, 0.2) is 53.1 Å². The number of aryl methyl sites for hydroxylation is 1. The average Bonchev–Trinajstić information content (AvgIpc) is 2.99. The Labute approximate surface area is 147 Å². The van der Waals surface area contributed by atoms with Crippen LogP contribution in [-0.2, 0) is 4.79 Å². The number of fused-ring (bicyclic) bond motifs is 1. The molecular formula is C18H16BrN3O2. The van der Waals surface area contributed by atoms with Crippen LogP contribution in [0, 0.1) is 6.92 Å². The zero-order valence-electron chi connectivity index (χ0n) is 13.0. The highest BCUT2D eigenvalue weighted by atomic mass is 79.9. The van der Waals surface area contributed by atoms with Gasteiger partial charge in [-0.15, -0.1) is 0 Å². The van der Waals surface area contributed by atoms with E-state index >= 15 is 0 Å². The molecule has 3 rings (SSSR count). The summed E-state index contributed by atoms with van der Waals surface area (Å²) in [6.07, 6.45) is 1.65. The number of hydrogen-bond acceptors (Lipinski definition) is 2. The molecule has 0 atom stereocenters. The Morgan fingerprint density at radius 2 is 1.96 bits per heavy atom. The second-order valence-corrected chi connectivity index (χ2v) is 6.35. The van der Waals surface area contributed by atoms with E-state index in [9.17, 15) is 9.59 Å². The van der Waals surface area contributed by atoms with E-state index in [0.29, 0.717) is 5.56 Å². The van der Waals surface area contributed by atoms with Crippen molar-refractivity contribution >= 4 is 44.3 Å². The van der Waals surface area contributed by atoms with Gasteiger partial charge in [0.2, 0.25) is 5.91 Å². The number of rotatable bonds is 4. The van der Waals surface area contributed by atoms with Gasteiger partial charge in [-0.2, -0.15) is 0 Å². The number of H-pyrrole nitrogens is 1. The van der Waals surface area contributed by atoms with Gasteiger partial charge in [-0.1, -0.05) is 34.1 Å². The molecule has 0 saturated heterocycles. The van der Waals surface area contributed by atoms with Gasteiger partial charge in [-0.25, -0.2) is 0 Å². The lowest BCUT2D eigenvalue weighted by Crippen LogP contribution is -2.32. The van der Waals surface area contributed by atoms with Crippen LogP contribution >= 0.6 is 15.9 Å². The third kappa shape index (κ3) is 3.49. The molecule has 1 aromatic heterocycles. The summed E-state index contributed by atoms with van der Waals surface area (Å²) in [5.41, 5.74) is 3.08. The van der Waals surface area contributed by atoms with Crippen molar-refractivity contribution in [3.8, 4) is 0 Å². The first-order chi connectivity index (χ1) is 11.5. The van der Waals surface area contributed by atoms with Gasteiger partial charge in [0.15, 0.2) is 0 Å². The van der Waals surface area contributed by atoms with Crippen molar-refractivity contribution in [2.24, 2.45) is 0 Å².